The second-order valence-corrected chi connectivity index (χ2v) is 1.78. The Labute approximate surface area is 61.6 Å². The third-order valence-electron chi connectivity index (χ3n) is 0.955. The summed E-state index contributed by atoms with van der Waals surface area (Å²) >= 11 is 0. The van der Waals surface area contributed by atoms with Gasteiger partial charge in [0, 0.05) is 6.54 Å². The van der Waals surface area contributed by atoms with Crippen LogP contribution in [-0.4, -0.2) is 16.7 Å². The molecule has 0 aliphatic heterocycles. The molecule has 0 bridgehead atoms. The van der Waals surface area contributed by atoms with Gasteiger partial charge in [-0.2, -0.15) is 8.78 Å². The third-order valence-corrected chi connectivity index (χ3v) is 0.955. The van der Waals surface area contributed by atoms with Crippen LogP contribution >= 0.6 is 0 Å². The van der Waals surface area contributed by atoms with Gasteiger partial charge < -0.3 is 9.73 Å². The van der Waals surface area contributed by atoms with Crippen molar-refractivity contribution >= 4 is 6.01 Å². The largest absolute Gasteiger partial charge is 0.402 e. The predicted molar refractivity (Wildman–Crippen MR) is 33.4 cm³/mol. The maximum absolute atomic E-state index is 11.8. The molecule has 0 aromatic carbocycles. The Bertz CT molecular complexity index is 225. The van der Waals surface area contributed by atoms with Crippen LogP contribution in [0.4, 0.5) is 14.8 Å². The molecule has 1 aromatic rings. The Hall–Kier alpha value is -1.20. The van der Waals surface area contributed by atoms with Crippen LogP contribution in [0.15, 0.2) is 4.42 Å². The van der Waals surface area contributed by atoms with Gasteiger partial charge in [0.05, 0.1) is 0 Å². The minimum Gasteiger partial charge on any atom is -0.402 e. The average Bonchev–Trinajstić information content (AvgIpc) is 2.37. The van der Waals surface area contributed by atoms with Crippen molar-refractivity contribution < 1.29 is 13.2 Å². The van der Waals surface area contributed by atoms with Crippen LogP contribution in [0.3, 0.4) is 0 Å². The Kier molecular flexibility index (Phi) is 2.35. The number of nitrogens with zero attached hydrogens (tertiary/aromatic N) is 2. The molecule has 0 saturated carbocycles. The zero-order chi connectivity index (χ0) is 8.27. The Morgan fingerprint density at radius 2 is 2.27 bits per heavy atom. The summed E-state index contributed by atoms with van der Waals surface area (Å²) in [5, 5.41) is 9.03. The molecule has 1 N–H and O–H groups in total. The second kappa shape index (κ2) is 3.27. The molecular formula is C5H7F2N3O. The molecule has 4 nitrogen and oxygen atoms in total. The van der Waals surface area contributed by atoms with E-state index >= 15 is 0 Å². The van der Waals surface area contributed by atoms with E-state index in [2.05, 4.69) is 19.9 Å². The SMILES string of the molecule is CCNc1nnc(C(F)F)o1. The Balaban J connectivity index is 2.66. The van der Waals surface area contributed by atoms with Crippen LogP contribution in [0.1, 0.15) is 19.2 Å². The van der Waals surface area contributed by atoms with Gasteiger partial charge in [-0.3, -0.25) is 0 Å². The van der Waals surface area contributed by atoms with Crippen molar-refractivity contribution in [2.24, 2.45) is 0 Å². The van der Waals surface area contributed by atoms with Crippen molar-refractivity contribution in [3.63, 3.8) is 0 Å². The molecule has 0 radical (unpaired) electrons. The summed E-state index contributed by atoms with van der Waals surface area (Å²) in [4.78, 5) is 0. The van der Waals surface area contributed by atoms with E-state index in [1.165, 1.54) is 0 Å². The average molecular weight is 163 g/mol. The molecule has 0 amide bonds. The van der Waals surface area contributed by atoms with Crippen molar-refractivity contribution in [3.8, 4) is 0 Å². The molecular weight excluding hydrogens is 156 g/mol. The van der Waals surface area contributed by atoms with Gasteiger partial charge in [0.2, 0.25) is 0 Å². The lowest BCUT2D eigenvalue weighted by Crippen LogP contribution is -1.95. The number of nitrogens with one attached hydrogen (secondary N) is 1. The van der Waals surface area contributed by atoms with Gasteiger partial charge in [-0.15, -0.1) is 5.10 Å². The zero-order valence-corrected chi connectivity index (χ0v) is 5.84. The first-order chi connectivity index (χ1) is 5.24. The molecule has 11 heavy (non-hydrogen) atoms. The van der Waals surface area contributed by atoms with Gasteiger partial charge in [-0.1, -0.05) is 5.10 Å². The summed E-state index contributed by atoms with van der Waals surface area (Å²) < 4.78 is 28.1. The first kappa shape index (κ1) is 7.90. The van der Waals surface area contributed by atoms with E-state index in [-0.39, 0.29) is 6.01 Å². The summed E-state index contributed by atoms with van der Waals surface area (Å²) in [6.07, 6.45) is -2.70. The second-order valence-electron chi connectivity index (χ2n) is 1.78. The number of hydrogen-bond donors (Lipinski definition) is 1. The first-order valence-electron chi connectivity index (χ1n) is 3.09. The minimum atomic E-state index is -2.70. The summed E-state index contributed by atoms with van der Waals surface area (Å²) in [5.74, 6) is -0.652. The fourth-order valence-corrected chi connectivity index (χ4v) is 0.545. The van der Waals surface area contributed by atoms with Crippen molar-refractivity contribution in [3.05, 3.63) is 5.89 Å². The molecule has 0 aliphatic carbocycles. The summed E-state index contributed by atoms with van der Waals surface area (Å²) in [5.41, 5.74) is 0. The fourth-order valence-electron chi connectivity index (χ4n) is 0.545. The lowest BCUT2D eigenvalue weighted by Gasteiger charge is -1.91. The number of alkyl halides is 2. The van der Waals surface area contributed by atoms with E-state index in [0.717, 1.165) is 0 Å². The standard InChI is InChI=1S/C5H7F2N3O/c1-2-8-5-10-9-4(11-5)3(6)7/h3H,2H2,1H3,(H,8,10). The van der Waals surface area contributed by atoms with Gasteiger partial charge in [0.1, 0.15) is 0 Å². The Morgan fingerprint density at radius 1 is 1.55 bits per heavy atom. The molecule has 62 valence electrons. The van der Waals surface area contributed by atoms with Crippen molar-refractivity contribution in [2.45, 2.75) is 13.3 Å². The highest BCUT2D eigenvalue weighted by molar-refractivity contribution is 5.15. The topological polar surface area (TPSA) is 51.0 Å². The molecule has 1 aromatic heterocycles. The highest BCUT2D eigenvalue weighted by atomic mass is 19.3. The lowest BCUT2D eigenvalue weighted by molar-refractivity contribution is 0.116. The number of halogens is 2. The van der Waals surface area contributed by atoms with Crippen molar-refractivity contribution in [1.29, 1.82) is 0 Å². The monoisotopic (exact) mass is 163 g/mol. The molecule has 1 rings (SSSR count). The zero-order valence-electron chi connectivity index (χ0n) is 5.84. The number of aromatic nitrogens is 2. The predicted octanol–water partition coefficient (Wildman–Crippen LogP) is 1.44. The van der Waals surface area contributed by atoms with Crippen LogP contribution < -0.4 is 5.32 Å². The maximum atomic E-state index is 11.8. The number of rotatable bonds is 3. The molecule has 0 saturated heterocycles. The fraction of sp³-hybridized carbons (Fsp3) is 0.600. The van der Waals surface area contributed by atoms with Gasteiger partial charge in [0.15, 0.2) is 0 Å². The van der Waals surface area contributed by atoms with Crippen LogP contribution in [-0.2, 0) is 0 Å². The first-order valence-corrected chi connectivity index (χ1v) is 3.09. The van der Waals surface area contributed by atoms with E-state index in [4.69, 9.17) is 0 Å². The molecule has 0 spiro atoms. The van der Waals surface area contributed by atoms with E-state index in [0.29, 0.717) is 6.54 Å². The minimum absolute atomic E-state index is 0.0304. The highest BCUT2D eigenvalue weighted by Crippen LogP contribution is 2.17. The van der Waals surface area contributed by atoms with Crippen molar-refractivity contribution in [2.75, 3.05) is 11.9 Å². The summed E-state index contributed by atoms with van der Waals surface area (Å²) in [6.45, 7) is 2.36. The molecule has 0 fully saturated rings. The third kappa shape index (κ3) is 1.86. The van der Waals surface area contributed by atoms with Crippen LogP contribution in [0.2, 0.25) is 0 Å². The number of anilines is 1. The number of hydrogen-bond acceptors (Lipinski definition) is 4. The maximum Gasteiger partial charge on any atom is 0.315 e. The molecule has 6 heteroatoms. The smallest absolute Gasteiger partial charge is 0.315 e. The van der Waals surface area contributed by atoms with E-state index in [1.54, 1.807) is 6.92 Å². The van der Waals surface area contributed by atoms with Gasteiger partial charge >= 0.3 is 12.4 Å². The Morgan fingerprint density at radius 3 is 2.73 bits per heavy atom. The van der Waals surface area contributed by atoms with E-state index < -0.39 is 12.3 Å². The van der Waals surface area contributed by atoms with Crippen molar-refractivity contribution in [1.82, 2.24) is 10.2 Å². The molecule has 1 heterocycles. The normalized spacial score (nSPS) is 10.5. The van der Waals surface area contributed by atoms with Gasteiger partial charge in [-0.05, 0) is 6.92 Å². The molecule has 0 aliphatic rings. The molecule has 0 atom stereocenters. The molecule has 0 unspecified atom stereocenters. The van der Waals surface area contributed by atoms with Crippen LogP contribution in [0.25, 0.3) is 0 Å². The lowest BCUT2D eigenvalue weighted by atomic mass is 10.7. The van der Waals surface area contributed by atoms with E-state index in [9.17, 15) is 8.78 Å². The van der Waals surface area contributed by atoms with Crippen LogP contribution in [0.5, 0.6) is 0 Å². The highest BCUT2D eigenvalue weighted by Gasteiger charge is 2.14. The quantitative estimate of drug-likeness (QED) is 0.732. The summed E-state index contributed by atoms with van der Waals surface area (Å²) in [6, 6.07) is 0.0304. The van der Waals surface area contributed by atoms with Crippen LogP contribution in [0, 0.1) is 0 Å². The van der Waals surface area contributed by atoms with E-state index in [1.807, 2.05) is 0 Å². The van der Waals surface area contributed by atoms with Gasteiger partial charge in [0.25, 0.3) is 5.89 Å². The van der Waals surface area contributed by atoms with Gasteiger partial charge in [-0.25, -0.2) is 0 Å². The summed E-state index contributed by atoms with van der Waals surface area (Å²) in [7, 11) is 0.